The maximum atomic E-state index is 12.8. The number of aryl methyl sites for hydroxylation is 1. The van der Waals surface area contributed by atoms with E-state index in [-0.39, 0.29) is 17.5 Å². The van der Waals surface area contributed by atoms with Crippen molar-refractivity contribution in [3.63, 3.8) is 0 Å². The first-order chi connectivity index (χ1) is 13.5. The van der Waals surface area contributed by atoms with Crippen molar-refractivity contribution in [2.75, 3.05) is 43.4 Å². The average Bonchev–Trinajstić information content (AvgIpc) is 3.36. The molecule has 2 aromatic rings. The fraction of sp³-hybridized carbons (Fsp3) is 0.429. The number of hydrogen-bond acceptors (Lipinski definition) is 4. The molecule has 2 aliphatic rings. The number of carbonyl (C=O) groups excluding carboxylic acids is 2. The van der Waals surface area contributed by atoms with E-state index in [9.17, 15) is 9.59 Å². The first-order valence-electron chi connectivity index (χ1n) is 9.69. The molecule has 1 aromatic heterocycles. The SMILES string of the molecule is CCc1cccc(NC(=O)N2CC[C@@]3(C2)CN(c2ccsc2)C(=O)CN3C)c1. The molecule has 7 heteroatoms. The van der Waals surface area contributed by atoms with E-state index in [1.807, 2.05) is 51.9 Å². The van der Waals surface area contributed by atoms with E-state index in [1.54, 1.807) is 11.3 Å². The van der Waals surface area contributed by atoms with Crippen LogP contribution in [0.3, 0.4) is 0 Å². The number of nitrogens with one attached hydrogen (secondary N) is 1. The Kier molecular flexibility index (Phi) is 5.12. The van der Waals surface area contributed by atoms with Gasteiger partial charge < -0.3 is 15.1 Å². The minimum Gasteiger partial charge on any atom is -0.323 e. The zero-order valence-corrected chi connectivity index (χ0v) is 17.2. The first-order valence-corrected chi connectivity index (χ1v) is 10.6. The standard InChI is InChI=1S/C21H26N4O2S/c1-3-16-5-4-6-17(11-16)22-20(27)24-9-8-21(14-24)15-25(18-7-10-28-13-18)19(26)12-23(21)2/h4-7,10-11,13H,3,8-9,12,14-15H2,1-2H3,(H,22,27)/t21-/m1/s1. The molecule has 0 bridgehead atoms. The van der Waals surface area contributed by atoms with Crippen molar-refractivity contribution in [2.45, 2.75) is 25.3 Å². The number of amides is 3. The highest BCUT2D eigenvalue weighted by Gasteiger charge is 2.48. The van der Waals surface area contributed by atoms with Crippen LogP contribution in [0.4, 0.5) is 16.2 Å². The number of likely N-dealkylation sites (tertiary alicyclic amines) is 1. The summed E-state index contributed by atoms with van der Waals surface area (Å²) in [4.78, 5) is 31.3. The summed E-state index contributed by atoms with van der Waals surface area (Å²) in [6.45, 7) is 4.41. The van der Waals surface area contributed by atoms with Gasteiger partial charge >= 0.3 is 6.03 Å². The number of thiophene rings is 1. The lowest BCUT2D eigenvalue weighted by molar-refractivity contribution is -0.123. The van der Waals surface area contributed by atoms with Gasteiger partial charge in [0.05, 0.1) is 17.8 Å². The molecule has 2 fully saturated rings. The van der Waals surface area contributed by atoms with E-state index in [1.165, 1.54) is 5.56 Å². The number of anilines is 2. The molecule has 1 N–H and O–H groups in total. The molecule has 1 aromatic carbocycles. The Balaban J connectivity index is 1.47. The van der Waals surface area contributed by atoms with Crippen LogP contribution >= 0.6 is 11.3 Å². The topological polar surface area (TPSA) is 55.9 Å². The number of hydrogen-bond donors (Lipinski definition) is 1. The van der Waals surface area contributed by atoms with Crippen LogP contribution in [-0.4, -0.2) is 60.5 Å². The van der Waals surface area contributed by atoms with Crippen LogP contribution in [0.1, 0.15) is 18.9 Å². The van der Waals surface area contributed by atoms with Gasteiger partial charge in [-0.3, -0.25) is 9.69 Å². The quantitative estimate of drug-likeness (QED) is 0.863. The van der Waals surface area contributed by atoms with E-state index < -0.39 is 0 Å². The molecule has 0 aliphatic carbocycles. The van der Waals surface area contributed by atoms with E-state index >= 15 is 0 Å². The monoisotopic (exact) mass is 398 g/mol. The minimum atomic E-state index is -0.196. The van der Waals surface area contributed by atoms with Crippen molar-refractivity contribution in [2.24, 2.45) is 0 Å². The highest BCUT2D eigenvalue weighted by Crippen LogP contribution is 2.34. The second-order valence-corrected chi connectivity index (χ2v) is 8.48. The van der Waals surface area contributed by atoms with Crippen molar-refractivity contribution in [1.82, 2.24) is 9.80 Å². The Bertz CT molecular complexity index is 869. The molecule has 0 unspecified atom stereocenters. The third kappa shape index (κ3) is 3.52. The Labute approximate surface area is 169 Å². The molecule has 148 valence electrons. The van der Waals surface area contributed by atoms with Crippen LogP contribution in [-0.2, 0) is 11.2 Å². The Morgan fingerprint density at radius 3 is 2.89 bits per heavy atom. The molecule has 1 atom stereocenters. The summed E-state index contributed by atoms with van der Waals surface area (Å²) in [7, 11) is 2.00. The fourth-order valence-corrected chi connectivity index (χ4v) is 4.79. The van der Waals surface area contributed by atoms with Gasteiger partial charge in [-0.05, 0) is 49.0 Å². The van der Waals surface area contributed by atoms with Crippen LogP contribution in [0.15, 0.2) is 41.1 Å². The number of likely N-dealkylation sites (N-methyl/N-ethyl adjacent to an activating group) is 1. The largest absolute Gasteiger partial charge is 0.323 e. The van der Waals surface area contributed by atoms with Gasteiger partial charge in [-0.2, -0.15) is 11.3 Å². The van der Waals surface area contributed by atoms with E-state index in [2.05, 4.69) is 23.2 Å². The van der Waals surface area contributed by atoms with Gasteiger partial charge in [0.2, 0.25) is 5.91 Å². The molecule has 1 spiro atoms. The van der Waals surface area contributed by atoms with Crippen LogP contribution in [0.5, 0.6) is 0 Å². The highest BCUT2D eigenvalue weighted by atomic mass is 32.1. The van der Waals surface area contributed by atoms with Crippen LogP contribution in [0.25, 0.3) is 0 Å². The third-order valence-corrected chi connectivity index (χ3v) is 6.63. The summed E-state index contributed by atoms with van der Waals surface area (Å²) >= 11 is 1.59. The zero-order valence-electron chi connectivity index (χ0n) is 16.4. The second kappa shape index (κ2) is 7.56. The summed E-state index contributed by atoms with van der Waals surface area (Å²) in [5.74, 6) is 0.116. The molecule has 3 heterocycles. The molecule has 28 heavy (non-hydrogen) atoms. The highest BCUT2D eigenvalue weighted by molar-refractivity contribution is 7.08. The van der Waals surface area contributed by atoms with E-state index in [0.717, 1.165) is 24.2 Å². The van der Waals surface area contributed by atoms with Crippen molar-refractivity contribution in [3.05, 3.63) is 46.7 Å². The predicted octanol–water partition coefficient (Wildman–Crippen LogP) is 3.27. The molecular formula is C21H26N4O2S. The lowest BCUT2D eigenvalue weighted by Crippen LogP contribution is -2.64. The number of carbonyl (C=O) groups is 2. The maximum Gasteiger partial charge on any atom is 0.321 e. The van der Waals surface area contributed by atoms with Crippen LogP contribution in [0, 0.1) is 0 Å². The molecule has 3 amide bonds. The van der Waals surface area contributed by atoms with Crippen molar-refractivity contribution >= 4 is 34.6 Å². The van der Waals surface area contributed by atoms with Gasteiger partial charge in [-0.25, -0.2) is 4.79 Å². The number of piperazine rings is 1. The number of nitrogens with zero attached hydrogens (tertiary/aromatic N) is 3. The lowest BCUT2D eigenvalue weighted by atomic mass is 9.93. The summed E-state index contributed by atoms with van der Waals surface area (Å²) in [5, 5.41) is 7.04. The Hall–Kier alpha value is -2.38. The van der Waals surface area contributed by atoms with Crippen molar-refractivity contribution < 1.29 is 9.59 Å². The molecular weight excluding hydrogens is 372 g/mol. The molecule has 2 saturated heterocycles. The number of benzene rings is 1. The van der Waals surface area contributed by atoms with Gasteiger partial charge in [-0.1, -0.05) is 19.1 Å². The normalized spacial score (nSPS) is 22.9. The van der Waals surface area contributed by atoms with Gasteiger partial charge in [0.25, 0.3) is 0 Å². The predicted molar refractivity (Wildman–Crippen MR) is 113 cm³/mol. The van der Waals surface area contributed by atoms with Crippen LogP contribution in [0.2, 0.25) is 0 Å². The van der Waals surface area contributed by atoms with Crippen molar-refractivity contribution in [1.29, 1.82) is 0 Å². The summed E-state index contributed by atoms with van der Waals surface area (Å²) in [6, 6.07) is 9.90. The number of rotatable bonds is 3. The van der Waals surface area contributed by atoms with Gasteiger partial charge in [0, 0.05) is 30.7 Å². The fourth-order valence-electron chi connectivity index (χ4n) is 4.15. The zero-order chi connectivity index (χ0) is 19.7. The molecule has 4 rings (SSSR count). The third-order valence-electron chi connectivity index (χ3n) is 5.96. The molecule has 6 nitrogen and oxygen atoms in total. The Morgan fingerprint density at radius 1 is 1.29 bits per heavy atom. The Morgan fingerprint density at radius 2 is 2.14 bits per heavy atom. The second-order valence-electron chi connectivity index (χ2n) is 7.70. The summed E-state index contributed by atoms with van der Waals surface area (Å²) in [5.41, 5.74) is 2.80. The molecule has 0 radical (unpaired) electrons. The first kappa shape index (κ1) is 19.0. The smallest absolute Gasteiger partial charge is 0.321 e. The van der Waals surface area contributed by atoms with Gasteiger partial charge in [-0.15, -0.1) is 0 Å². The van der Waals surface area contributed by atoms with Gasteiger partial charge in [0.1, 0.15) is 0 Å². The summed E-state index contributed by atoms with van der Waals surface area (Å²) in [6.07, 6.45) is 1.80. The van der Waals surface area contributed by atoms with Crippen molar-refractivity contribution in [3.8, 4) is 0 Å². The average molecular weight is 399 g/mol. The minimum absolute atomic E-state index is 0.0717. The van der Waals surface area contributed by atoms with E-state index in [4.69, 9.17) is 0 Å². The van der Waals surface area contributed by atoms with Gasteiger partial charge in [0.15, 0.2) is 0 Å². The lowest BCUT2D eigenvalue weighted by Gasteiger charge is -2.46. The summed E-state index contributed by atoms with van der Waals surface area (Å²) < 4.78 is 0. The van der Waals surface area contributed by atoms with E-state index in [0.29, 0.717) is 26.2 Å². The number of urea groups is 1. The van der Waals surface area contributed by atoms with Crippen LogP contribution < -0.4 is 10.2 Å². The molecule has 0 saturated carbocycles. The molecule has 2 aliphatic heterocycles. The maximum absolute atomic E-state index is 12.8.